The monoisotopic (exact) mass is 228 g/mol. The van der Waals surface area contributed by atoms with Crippen LogP contribution in [-0.4, -0.2) is 38.8 Å². The maximum absolute atomic E-state index is 11.4. The molecule has 1 aliphatic heterocycles. The van der Waals surface area contributed by atoms with E-state index >= 15 is 0 Å². The molecule has 0 radical (unpaired) electrons. The minimum atomic E-state index is 0.113. The lowest BCUT2D eigenvalue weighted by Crippen LogP contribution is -2.27. The van der Waals surface area contributed by atoms with Gasteiger partial charge in [-0.15, -0.1) is 0 Å². The second-order valence-corrected chi connectivity index (χ2v) is 4.36. The molecule has 1 fully saturated rings. The van der Waals surface area contributed by atoms with Crippen LogP contribution in [0.15, 0.2) is 0 Å². The highest BCUT2D eigenvalue weighted by Crippen LogP contribution is 2.10. The van der Waals surface area contributed by atoms with E-state index in [1.807, 2.05) is 0 Å². The Morgan fingerprint density at radius 2 is 2.38 bits per heavy atom. The number of rotatable bonds is 8. The molecule has 0 aliphatic carbocycles. The first-order chi connectivity index (χ1) is 7.83. The van der Waals surface area contributed by atoms with E-state index in [0.29, 0.717) is 13.0 Å². The third kappa shape index (κ3) is 6.08. The number of carbonyl (C=O) groups excluding carboxylic acids is 1. The molecule has 0 aromatic carbocycles. The molecule has 2 N–H and O–H groups in total. The molecular weight excluding hydrogens is 204 g/mol. The van der Waals surface area contributed by atoms with Crippen LogP contribution < -0.4 is 10.6 Å². The molecule has 0 saturated carbocycles. The van der Waals surface area contributed by atoms with Gasteiger partial charge in [-0.05, 0) is 38.3 Å². The number of nitrogens with one attached hydrogen (secondary N) is 2. The Hall–Kier alpha value is -0.610. The average molecular weight is 228 g/mol. The van der Waals surface area contributed by atoms with Crippen LogP contribution in [0.3, 0.4) is 0 Å². The zero-order chi connectivity index (χ0) is 11.6. The summed E-state index contributed by atoms with van der Waals surface area (Å²) in [4.78, 5) is 11.4. The van der Waals surface area contributed by atoms with Crippen molar-refractivity contribution in [2.45, 2.75) is 32.6 Å². The van der Waals surface area contributed by atoms with E-state index < -0.39 is 0 Å². The maximum atomic E-state index is 11.4. The lowest BCUT2D eigenvalue weighted by molar-refractivity contribution is -0.122. The lowest BCUT2D eigenvalue weighted by atomic mass is 10.1. The highest BCUT2D eigenvalue weighted by Gasteiger charge is 2.13. The molecule has 1 amide bonds. The molecule has 1 rings (SSSR count). The van der Waals surface area contributed by atoms with Crippen LogP contribution in [0.4, 0.5) is 0 Å². The fourth-order valence-corrected chi connectivity index (χ4v) is 1.88. The van der Waals surface area contributed by atoms with Crippen LogP contribution in [0.1, 0.15) is 32.6 Å². The van der Waals surface area contributed by atoms with Crippen molar-refractivity contribution in [2.75, 3.05) is 32.8 Å². The summed E-state index contributed by atoms with van der Waals surface area (Å²) in [5, 5.41) is 6.27. The zero-order valence-electron chi connectivity index (χ0n) is 10.3. The van der Waals surface area contributed by atoms with E-state index in [1.165, 1.54) is 6.42 Å². The molecule has 1 heterocycles. The van der Waals surface area contributed by atoms with Gasteiger partial charge in [0, 0.05) is 19.6 Å². The molecule has 4 nitrogen and oxygen atoms in total. The molecule has 0 spiro atoms. The second-order valence-electron chi connectivity index (χ2n) is 4.36. The van der Waals surface area contributed by atoms with Gasteiger partial charge in [0.05, 0.1) is 6.61 Å². The highest BCUT2D eigenvalue weighted by molar-refractivity contribution is 5.75. The topological polar surface area (TPSA) is 50.4 Å². The van der Waals surface area contributed by atoms with Crippen molar-refractivity contribution in [1.29, 1.82) is 0 Å². The first kappa shape index (κ1) is 13.5. The largest absolute Gasteiger partial charge is 0.381 e. The Morgan fingerprint density at radius 1 is 1.50 bits per heavy atom. The van der Waals surface area contributed by atoms with E-state index in [1.54, 1.807) is 0 Å². The van der Waals surface area contributed by atoms with Gasteiger partial charge in [-0.3, -0.25) is 4.79 Å². The van der Waals surface area contributed by atoms with Crippen LogP contribution in [0.5, 0.6) is 0 Å². The van der Waals surface area contributed by atoms with Gasteiger partial charge in [-0.25, -0.2) is 0 Å². The normalized spacial score (nSPS) is 19.9. The van der Waals surface area contributed by atoms with Gasteiger partial charge >= 0.3 is 0 Å². The molecule has 4 heteroatoms. The van der Waals surface area contributed by atoms with Gasteiger partial charge in [-0.2, -0.15) is 0 Å². The molecular formula is C12H24N2O2. The number of ether oxygens (including phenoxy) is 1. The van der Waals surface area contributed by atoms with Crippen molar-refractivity contribution < 1.29 is 9.53 Å². The summed E-state index contributed by atoms with van der Waals surface area (Å²) >= 11 is 0. The molecule has 1 saturated heterocycles. The summed E-state index contributed by atoms with van der Waals surface area (Å²) in [6.45, 7) is 6.40. The fraction of sp³-hybridized carbons (Fsp3) is 0.917. The quantitative estimate of drug-likeness (QED) is 0.607. The summed E-state index contributed by atoms with van der Waals surface area (Å²) in [7, 11) is 0. The van der Waals surface area contributed by atoms with Crippen molar-refractivity contribution in [3.63, 3.8) is 0 Å². The predicted molar refractivity (Wildman–Crippen MR) is 64.3 cm³/mol. The summed E-state index contributed by atoms with van der Waals surface area (Å²) in [5.74, 6) is 0.860. The van der Waals surface area contributed by atoms with Gasteiger partial charge in [0.15, 0.2) is 0 Å². The van der Waals surface area contributed by atoms with E-state index in [4.69, 9.17) is 4.74 Å². The van der Waals surface area contributed by atoms with Crippen molar-refractivity contribution in [3.8, 4) is 0 Å². The molecule has 1 aliphatic rings. The van der Waals surface area contributed by atoms with Crippen LogP contribution in [0, 0.1) is 5.92 Å². The van der Waals surface area contributed by atoms with E-state index in [-0.39, 0.29) is 5.91 Å². The van der Waals surface area contributed by atoms with Crippen LogP contribution in [0.2, 0.25) is 0 Å². The second kappa shape index (κ2) is 8.53. The maximum Gasteiger partial charge on any atom is 0.222 e. The van der Waals surface area contributed by atoms with Gasteiger partial charge in [0.1, 0.15) is 0 Å². The summed E-state index contributed by atoms with van der Waals surface area (Å²) < 4.78 is 5.26. The molecule has 1 atom stereocenters. The number of hydrogen-bond donors (Lipinski definition) is 2. The molecule has 1 unspecified atom stereocenters. The van der Waals surface area contributed by atoms with E-state index in [0.717, 1.165) is 45.0 Å². The SMILES string of the molecule is CCCOCCC(=O)NCCC1CCNC1. The molecule has 16 heavy (non-hydrogen) atoms. The third-order valence-corrected chi connectivity index (χ3v) is 2.86. The molecule has 0 aromatic heterocycles. The third-order valence-electron chi connectivity index (χ3n) is 2.86. The smallest absolute Gasteiger partial charge is 0.222 e. The minimum absolute atomic E-state index is 0.113. The first-order valence-corrected chi connectivity index (χ1v) is 6.38. The van der Waals surface area contributed by atoms with E-state index in [9.17, 15) is 4.79 Å². The van der Waals surface area contributed by atoms with Crippen molar-refractivity contribution in [1.82, 2.24) is 10.6 Å². The van der Waals surface area contributed by atoms with Crippen LogP contribution in [-0.2, 0) is 9.53 Å². The molecule has 0 bridgehead atoms. The standard InChI is InChI=1S/C12H24N2O2/c1-2-8-16-9-5-12(15)14-7-4-11-3-6-13-10-11/h11,13H,2-10H2,1H3,(H,14,15). The molecule has 94 valence electrons. The lowest BCUT2D eigenvalue weighted by Gasteiger charge is -2.09. The first-order valence-electron chi connectivity index (χ1n) is 6.38. The Labute approximate surface area is 98.1 Å². The Bertz CT molecular complexity index is 191. The number of carbonyl (C=O) groups is 1. The Morgan fingerprint density at radius 3 is 3.06 bits per heavy atom. The van der Waals surface area contributed by atoms with E-state index in [2.05, 4.69) is 17.6 Å². The van der Waals surface area contributed by atoms with Gasteiger partial charge < -0.3 is 15.4 Å². The number of hydrogen-bond acceptors (Lipinski definition) is 3. The molecule has 0 aromatic rings. The fourth-order valence-electron chi connectivity index (χ4n) is 1.88. The van der Waals surface area contributed by atoms with Crippen molar-refractivity contribution >= 4 is 5.91 Å². The van der Waals surface area contributed by atoms with Gasteiger partial charge in [-0.1, -0.05) is 6.92 Å². The minimum Gasteiger partial charge on any atom is -0.381 e. The van der Waals surface area contributed by atoms with Crippen LogP contribution in [0.25, 0.3) is 0 Å². The van der Waals surface area contributed by atoms with Gasteiger partial charge in [0.2, 0.25) is 5.91 Å². The highest BCUT2D eigenvalue weighted by atomic mass is 16.5. The van der Waals surface area contributed by atoms with Crippen molar-refractivity contribution in [2.24, 2.45) is 5.92 Å². The zero-order valence-corrected chi connectivity index (χ0v) is 10.3. The Balaban J connectivity index is 1.89. The average Bonchev–Trinajstić information content (AvgIpc) is 2.77. The van der Waals surface area contributed by atoms with Crippen molar-refractivity contribution in [3.05, 3.63) is 0 Å². The van der Waals surface area contributed by atoms with Gasteiger partial charge in [0.25, 0.3) is 0 Å². The summed E-state index contributed by atoms with van der Waals surface area (Å²) in [6.07, 6.45) is 3.84. The summed E-state index contributed by atoms with van der Waals surface area (Å²) in [5.41, 5.74) is 0. The Kier molecular flexibility index (Phi) is 7.17. The summed E-state index contributed by atoms with van der Waals surface area (Å²) in [6, 6.07) is 0. The predicted octanol–water partition coefficient (Wildman–Crippen LogP) is 0.919. The van der Waals surface area contributed by atoms with Crippen LogP contribution >= 0.6 is 0 Å². The number of amides is 1.